The normalized spacial score (nSPS) is 17.7. The highest BCUT2D eigenvalue weighted by Gasteiger charge is 2.40. The molecule has 2 rings (SSSR count). The maximum absolute atomic E-state index is 12.6. The van der Waals surface area contributed by atoms with E-state index in [4.69, 9.17) is 0 Å². The molecule has 0 aliphatic carbocycles. The van der Waals surface area contributed by atoms with Gasteiger partial charge in [0.25, 0.3) is 0 Å². The van der Waals surface area contributed by atoms with Gasteiger partial charge in [0.05, 0.1) is 29.3 Å². The lowest BCUT2D eigenvalue weighted by Gasteiger charge is -2.49. The van der Waals surface area contributed by atoms with Crippen LogP contribution >= 0.6 is 35.3 Å². The third-order valence-corrected chi connectivity index (χ3v) is 5.22. The summed E-state index contributed by atoms with van der Waals surface area (Å²) in [6, 6.07) is 0.201. The van der Waals surface area contributed by atoms with E-state index in [9.17, 15) is 4.79 Å². The molecule has 0 unspecified atom stereocenters. The molecule has 1 amide bonds. The topological polar surface area (TPSA) is 60.8 Å². The first-order chi connectivity index (χ1) is 11.3. The van der Waals surface area contributed by atoms with Gasteiger partial charge in [-0.2, -0.15) is 0 Å². The molecule has 0 saturated carbocycles. The minimum Gasteiger partial charge on any atom is -0.351 e. The van der Waals surface area contributed by atoms with Crippen molar-refractivity contribution in [2.75, 3.05) is 20.1 Å². The maximum Gasteiger partial charge on any atom is 0.242 e. The molecule has 1 aromatic rings. The molecule has 0 spiro atoms. The Balaban J connectivity index is 0.00000312. The summed E-state index contributed by atoms with van der Waals surface area (Å²) in [5, 5.41) is 6.56. The van der Waals surface area contributed by atoms with Crippen LogP contribution in [0.4, 0.5) is 0 Å². The summed E-state index contributed by atoms with van der Waals surface area (Å²) in [5.74, 6) is 0.900. The van der Waals surface area contributed by atoms with Crippen molar-refractivity contribution in [1.29, 1.82) is 0 Å². The van der Waals surface area contributed by atoms with Crippen LogP contribution in [0.2, 0.25) is 0 Å². The summed E-state index contributed by atoms with van der Waals surface area (Å²) in [5.41, 5.74) is 0.793. The van der Waals surface area contributed by atoms with Gasteiger partial charge in [-0.1, -0.05) is 6.92 Å². The standard InChI is InChI=1S/C17H29N5OS.HI/c1-7-14-20-13(10-24-14)8-19-16(18-6)21-9-15(23)22(12(2)3)17(4,5)11-21;/h10,12H,7-9,11H2,1-6H3,(H,18,19);1H. The van der Waals surface area contributed by atoms with E-state index in [0.29, 0.717) is 13.1 Å². The van der Waals surface area contributed by atoms with Gasteiger partial charge in [-0.15, -0.1) is 35.3 Å². The lowest BCUT2D eigenvalue weighted by atomic mass is 9.96. The molecule has 25 heavy (non-hydrogen) atoms. The summed E-state index contributed by atoms with van der Waals surface area (Å²) in [7, 11) is 1.76. The van der Waals surface area contributed by atoms with Gasteiger partial charge >= 0.3 is 0 Å². The van der Waals surface area contributed by atoms with Crippen molar-refractivity contribution in [2.24, 2.45) is 4.99 Å². The maximum atomic E-state index is 12.6. The first-order valence-corrected chi connectivity index (χ1v) is 9.37. The molecule has 1 aromatic heterocycles. The number of guanidine groups is 1. The van der Waals surface area contributed by atoms with Gasteiger partial charge in [0.15, 0.2) is 5.96 Å². The molecule has 1 aliphatic heterocycles. The number of hydrogen-bond acceptors (Lipinski definition) is 4. The SMILES string of the molecule is CCc1nc(CNC(=NC)N2CC(=O)N(C(C)C)C(C)(C)C2)cs1.I. The Bertz CT molecular complexity index is 614. The summed E-state index contributed by atoms with van der Waals surface area (Å²) in [4.78, 5) is 25.5. The van der Waals surface area contributed by atoms with Gasteiger partial charge in [0, 0.05) is 25.0 Å². The number of halogens is 1. The smallest absolute Gasteiger partial charge is 0.242 e. The van der Waals surface area contributed by atoms with Crippen molar-refractivity contribution in [3.05, 3.63) is 16.1 Å². The zero-order valence-corrected chi connectivity index (χ0v) is 19.1. The fraction of sp³-hybridized carbons (Fsp3) is 0.706. The van der Waals surface area contributed by atoms with E-state index in [0.717, 1.165) is 29.6 Å². The van der Waals surface area contributed by atoms with Crippen molar-refractivity contribution < 1.29 is 4.79 Å². The number of piperazine rings is 1. The highest BCUT2D eigenvalue weighted by molar-refractivity contribution is 14.0. The minimum atomic E-state index is -0.225. The average molecular weight is 479 g/mol. The largest absolute Gasteiger partial charge is 0.351 e. The van der Waals surface area contributed by atoms with Crippen LogP contribution < -0.4 is 5.32 Å². The summed E-state index contributed by atoms with van der Waals surface area (Å²) < 4.78 is 0. The number of aliphatic imine (C=N–C) groups is 1. The molecular weight excluding hydrogens is 449 g/mol. The molecular formula is C17H30IN5OS. The van der Waals surface area contributed by atoms with E-state index in [1.807, 2.05) is 9.80 Å². The van der Waals surface area contributed by atoms with Crippen molar-refractivity contribution in [1.82, 2.24) is 20.1 Å². The van der Waals surface area contributed by atoms with Crippen LogP contribution in [0, 0.1) is 0 Å². The molecule has 1 saturated heterocycles. The first kappa shape index (κ1) is 22.1. The summed E-state index contributed by atoms with van der Waals surface area (Å²) in [6.07, 6.45) is 0.958. The van der Waals surface area contributed by atoms with Gasteiger partial charge in [0.1, 0.15) is 0 Å². The van der Waals surface area contributed by atoms with Crippen LogP contribution in [0.25, 0.3) is 0 Å². The predicted octanol–water partition coefficient (Wildman–Crippen LogP) is 2.73. The first-order valence-electron chi connectivity index (χ1n) is 8.49. The van der Waals surface area contributed by atoms with Crippen LogP contribution in [-0.4, -0.2) is 58.4 Å². The zero-order valence-electron chi connectivity index (χ0n) is 16.0. The highest BCUT2D eigenvalue weighted by atomic mass is 127. The van der Waals surface area contributed by atoms with Gasteiger partial charge in [-0.25, -0.2) is 4.98 Å². The molecule has 1 fully saturated rings. The number of thiazole rings is 1. The second-order valence-electron chi connectivity index (χ2n) is 7.01. The van der Waals surface area contributed by atoms with Crippen molar-refractivity contribution in [2.45, 2.75) is 59.2 Å². The predicted molar refractivity (Wildman–Crippen MR) is 115 cm³/mol. The lowest BCUT2D eigenvalue weighted by Crippen LogP contribution is -2.66. The number of rotatable bonds is 4. The van der Waals surface area contributed by atoms with Crippen LogP contribution in [-0.2, 0) is 17.8 Å². The Morgan fingerprint density at radius 3 is 2.64 bits per heavy atom. The molecule has 1 aliphatic rings. The van der Waals surface area contributed by atoms with Crippen molar-refractivity contribution >= 4 is 47.2 Å². The van der Waals surface area contributed by atoms with E-state index in [1.165, 1.54) is 0 Å². The molecule has 0 radical (unpaired) electrons. The quantitative estimate of drug-likeness (QED) is 0.410. The van der Waals surface area contributed by atoms with Gasteiger partial charge in [-0.05, 0) is 34.1 Å². The number of nitrogens with one attached hydrogen (secondary N) is 1. The Kier molecular flexibility index (Phi) is 8.11. The minimum absolute atomic E-state index is 0. The van der Waals surface area contributed by atoms with Crippen LogP contribution in [0.15, 0.2) is 10.4 Å². The molecule has 0 atom stereocenters. The third kappa shape index (κ3) is 5.29. The van der Waals surface area contributed by atoms with Gasteiger partial charge in [-0.3, -0.25) is 9.79 Å². The number of hydrogen-bond donors (Lipinski definition) is 1. The number of amides is 1. The average Bonchev–Trinajstić information content (AvgIpc) is 2.93. The highest BCUT2D eigenvalue weighted by Crippen LogP contribution is 2.24. The fourth-order valence-electron chi connectivity index (χ4n) is 3.41. The second kappa shape index (κ2) is 9.16. The van der Waals surface area contributed by atoms with E-state index in [2.05, 4.69) is 55.3 Å². The van der Waals surface area contributed by atoms with Gasteiger partial charge < -0.3 is 15.1 Å². The molecule has 0 aromatic carbocycles. The fourth-order valence-corrected chi connectivity index (χ4v) is 4.15. The van der Waals surface area contributed by atoms with Crippen LogP contribution in [0.1, 0.15) is 45.3 Å². The summed E-state index contributed by atoms with van der Waals surface area (Å²) in [6.45, 7) is 12.2. The van der Waals surface area contributed by atoms with E-state index >= 15 is 0 Å². The number of aromatic nitrogens is 1. The van der Waals surface area contributed by atoms with Crippen LogP contribution in [0.3, 0.4) is 0 Å². The Morgan fingerprint density at radius 2 is 2.16 bits per heavy atom. The van der Waals surface area contributed by atoms with Gasteiger partial charge in [0.2, 0.25) is 5.91 Å². The number of aryl methyl sites for hydroxylation is 1. The number of carbonyl (C=O) groups excluding carboxylic acids is 1. The molecule has 0 bridgehead atoms. The van der Waals surface area contributed by atoms with Crippen molar-refractivity contribution in [3.63, 3.8) is 0 Å². The van der Waals surface area contributed by atoms with Crippen molar-refractivity contribution in [3.8, 4) is 0 Å². The van der Waals surface area contributed by atoms with Crippen LogP contribution in [0.5, 0.6) is 0 Å². The van der Waals surface area contributed by atoms with E-state index in [-0.39, 0.29) is 41.5 Å². The molecule has 142 valence electrons. The zero-order chi connectivity index (χ0) is 17.9. The number of nitrogens with zero attached hydrogens (tertiary/aromatic N) is 4. The Labute approximate surface area is 172 Å². The van der Waals surface area contributed by atoms with E-state index in [1.54, 1.807) is 18.4 Å². The molecule has 2 heterocycles. The lowest BCUT2D eigenvalue weighted by molar-refractivity contribution is -0.145. The number of carbonyl (C=O) groups is 1. The summed E-state index contributed by atoms with van der Waals surface area (Å²) >= 11 is 1.68. The third-order valence-electron chi connectivity index (χ3n) is 4.18. The van der Waals surface area contributed by atoms with E-state index < -0.39 is 0 Å². The molecule has 8 heteroatoms. The monoisotopic (exact) mass is 479 g/mol. The second-order valence-corrected chi connectivity index (χ2v) is 7.96. The Morgan fingerprint density at radius 1 is 1.48 bits per heavy atom. The molecule has 6 nitrogen and oxygen atoms in total. The molecule has 1 N–H and O–H groups in total. The Hall–Kier alpha value is -0.900.